The molecule has 28 heavy (non-hydrogen) atoms. The molecule has 5 nitrogen and oxygen atoms in total. The Morgan fingerprint density at radius 1 is 0.929 bits per heavy atom. The first-order valence-corrected chi connectivity index (χ1v) is 9.39. The molecule has 2 heterocycles. The van der Waals surface area contributed by atoms with Gasteiger partial charge in [-0.05, 0) is 35.9 Å². The summed E-state index contributed by atoms with van der Waals surface area (Å²) in [5.41, 5.74) is 1.15. The first-order chi connectivity index (χ1) is 13.5. The van der Waals surface area contributed by atoms with Gasteiger partial charge in [-0.3, -0.25) is 9.59 Å². The van der Waals surface area contributed by atoms with Gasteiger partial charge in [0.15, 0.2) is 0 Å². The Kier molecular flexibility index (Phi) is 5.10. The summed E-state index contributed by atoms with van der Waals surface area (Å²) >= 11 is 12.3. The fourth-order valence-corrected chi connectivity index (χ4v) is 3.72. The van der Waals surface area contributed by atoms with Gasteiger partial charge in [-0.15, -0.1) is 0 Å². The average Bonchev–Trinajstić information content (AvgIpc) is 2.95. The number of halogens is 3. The first kappa shape index (κ1) is 18.9. The predicted octanol–water partition coefficient (Wildman–Crippen LogP) is 3.75. The molecule has 8 heteroatoms. The van der Waals surface area contributed by atoms with Crippen LogP contribution in [0, 0.1) is 5.82 Å². The van der Waals surface area contributed by atoms with Gasteiger partial charge in [-0.2, -0.15) is 0 Å². The summed E-state index contributed by atoms with van der Waals surface area (Å²) in [5, 5.41) is 0.580. The molecule has 2 aromatic carbocycles. The zero-order valence-corrected chi connectivity index (χ0v) is 16.1. The summed E-state index contributed by atoms with van der Waals surface area (Å²) in [5.74, 6) is -1.44. The number of hydrogen-bond acceptors (Lipinski definition) is 4. The van der Waals surface area contributed by atoms with Crippen molar-refractivity contribution in [2.45, 2.75) is 0 Å². The molecule has 2 aliphatic rings. The third-order valence-corrected chi connectivity index (χ3v) is 5.22. The molecule has 0 aliphatic carbocycles. The van der Waals surface area contributed by atoms with Crippen molar-refractivity contribution in [1.29, 1.82) is 0 Å². The van der Waals surface area contributed by atoms with Gasteiger partial charge in [0.1, 0.15) is 11.5 Å². The molecule has 4 rings (SSSR count). The summed E-state index contributed by atoms with van der Waals surface area (Å²) < 4.78 is 18.8. The fraction of sp³-hybridized carbons (Fsp3) is 0.200. The Bertz CT molecular complexity index is 985. The van der Waals surface area contributed by atoms with E-state index in [9.17, 15) is 14.0 Å². The van der Waals surface area contributed by atoms with Crippen LogP contribution >= 0.6 is 23.2 Å². The molecule has 0 atom stereocenters. The van der Waals surface area contributed by atoms with Crippen LogP contribution in [0.3, 0.4) is 0 Å². The minimum absolute atomic E-state index is 0.211. The molecule has 1 saturated heterocycles. The van der Waals surface area contributed by atoms with Crippen LogP contribution in [0.25, 0.3) is 5.57 Å². The first-order valence-electron chi connectivity index (χ1n) is 8.64. The number of benzene rings is 2. The molecule has 0 aromatic heterocycles. The van der Waals surface area contributed by atoms with Crippen LogP contribution < -0.4 is 4.90 Å². The molecule has 0 radical (unpaired) electrons. The van der Waals surface area contributed by atoms with E-state index < -0.39 is 17.6 Å². The molecule has 2 aromatic rings. The summed E-state index contributed by atoms with van der Waals surface area (Å²) in [6.45, 7) is 1.82. The van der Waals surface area contributed by atoms with E-state index in [1.807, 2.05) is 4.90 Å². The summed E-state index contributed by atoms with van der Waals surface area (Å²) in [7, 11) is 0. The number of anilines is 1. The van der Waals surface area contributed by atoms with Crippen LogP contribution in [0.4, 0.5) is 10.1 Å². The maximum Gasteiger partial charge on any atom is 0.282 e. The van der Waals surface area contributed by atoms with Crippen LogP contribution in [0.1, 0.15) is 5.56 Å². The van der Waals surface area contributed by atoms with E-state index in [4.69, 9.17) is 27.9 Å². The highest BCUT2D eigenvalue weighted by molar-refractivity contribution is 6.47. The summed E-state index contributed by atoms with van der Waals surface area (Å²) in [4.78, 5) is 29.5. The Balaban J connectivity index is 1.85. The molecule has 2 amide bonds. The van der Waals surface area contributed by atoms with Gasteiger partial charge >= 0.3 is 0 Å². The van der Waals surface area contributed by atoms with Crippen molar-refractivity contribution < 1.29 is 18.7 Å². The second kappa shape index (κ2) is 7.54. The Hall–Kier alpha value is -2.41. The Labute approximate surface area is 170 Å². The van der Waals surface area contributed by atoms with E-state index in [0.717, 1.165) is 4.90 Å². The molecule has 1 fully saturated rings. The third-order valence-electron chi connectivity index (χ3n) is 4.67. The number of carbonyl (C=O) groups is 2. The summed E-state index contributed by atoms with van der Waals surface area (Å²) in [6.07, 6.45) is 0. The average molecular weight is 421 g/mol. The highest BCUT2D eigenvalue weighted by Crippen LogP contribution is 2.38. The standard InChI is InChI=1S/C20H15Cl2FN2O3/c21-13-3-6-15(22)16(11-13)25-19(26)17(12-1-4-14(23)5-2-12)18(20(25)27)24-7-9-28-10-8-24/h1-6,11H,7-10H2. The maximum absolute atomic E-state index is 13.4. The lowest BCUT2D eigenvalue weighted by Gasteiger charge is -2.29. The van der Waals surface area contributed by atoms with E-state index in [1.54, 1.807) is 6.07 Å². The number of rotatable bonds is 3. The highest BCUT2D eigenvalue weighted by Gasteiger charge is 2.43. The second-order valence-corrected chi connectivity index (χ2v) is 7.22. The molecule has 144 valence electrons. The number of imide groups is 1. The third kappa shape index (κ3) is 3.28. The topological polar surface area (TPSA) is 49.9 Å². The molecule has 0 spiro atoms. The number of hydrogen-bond donors (Lipinski definition) is 0. The predicted molar refractivity (Wildman–Crippen MR) is 105 cm³/mol. The molecular weight excluding hydrogens is 406 g/mol. The van der Waals surface area contributed by atoms with Crippen molar-refractivity contribution in [1.82, 2.24) is 4.90 Å². The van der Waals surface area contributed by atoms with Gasteiger partial charge in [0, 0.05) is 18.1 Å². The molecule has 2 aliphatic heterocycles. The van der Waals surface area contributed by atoms with Crippen molar-refractivity contribution in [2.24, 2.45) is 0 Å². The Morgan fingerprint density at radius 3 is 2.29 bits per heavy atom. The molecule has 0 unspecified atom stereocenters. The van der Waals surface area contributed by atoms with Crippen LogP contribution in [-0.4, -0.2) is 43.0 Å². The SMILES string of the molecule is O=C1C(c2ccc(F)cc2)=C(N2CCOCC2)C(=O)N1c1cc(Cl)ccc1Cl. The number of nitrogens with zero attached hydrogens (tertiary/aromatic N) is 2. The number of morpholine rings is 1. The van der Waals surface area contributed by atoms with Gasteiger partial charge in [0.05, 0.1) is 29.5 Å². The smallest absolute Gasteiger partial charge is 0.282 e. The Morgan fingerprint density at radius 2 is 1.61 bits per heavy atom. The van der Waals surface area contributed by atoms with Crippen LogP contribution in [-0.2, 0) is 14.3 Å². The molecular formula is C20H15Cl2FN2O3. The van der Waals surface area contributed by atoms with Crippen LogP contribution in [0.15, 0.2) is 48.2 Å². The van der Waals surface area contributed by atoms with E-state index >= 15 is 0 Å². The quantitative estimate of drug-likeness (QED) is 0.709. The summed E-state index contributed by atoms with van der Waals surface area (Å²) in [6, 6.07) is 10.1. The highest BCUT2D eigenvalue weighted by atomic mass is 35.5. The van der Waals surface area contributed by atoms with Crippen LogP contribution in [0.5, 0.6) is 0 Å². The van der Waals surface area contributed by atoms with Crippen molar-refractivity contribution >= 4 is 46.3 Å². The minimum atomic E-state index is -0.526. The normalized spacial score (nSPS) is 17.7. The van der Waals surface area contributed by atoms with Crippen molar-refractivity contribution in [2.75, 3.05) is 31.2 Å². The van der Waals surface area contributed by atoms with E-state index in [1.165, 1.54) is 36.4 Å². The lowest BCUT2D eigenvalue weighted by molar-refractivity contribution is -0.121. The minimum Gasteiger partial charge on any atom is -0.378 e. The van der Waals surface area contributed by atoms with Crippen molar-refractivity contribution in [3.8, 4) is 0 Å². The van der Waals surface area contributed by atoms with Crippen molar-refractivity contribution in [3.63, 3.8) is 0 Å². The number of carbonyl (C=O) groups excluding carboxylic acids is 2. The van der Waals surface area contributed by atoms with E-state index in [2.05, 4.69) is 0 Å². The second-order valence-electron chi connectivity index (χ2n) is 6.37. The van der Waals surface area contributed by atoms with E-state index in [-0.39, 0.29) is 22.0 Å². The maximum atomic E-state index is 13.4. The van der Waals surface area contributed by atoms with Gasteiger partial charge in [0.25, 0.3) is 11.8 Å². The largest absolute Gasteiger partial charge is 0.378 e. The van der Waals surface area contributed by atoms with Gasteiger partial charge in [-0.25, -0.2) is 9.29 Å². The lowest BCUT2D eigenvalue weighted by atomic mass is 10.0. The zero-order chi connectivity index (χ0) is 19.8. The molecule has 0 bridgehead atoms. The molecule has 0 saturated carbocycles. The number of ether oxygens (including phenoxy) is 1. The van der Waals surface area contributed by atoms with Gasteiger partial charge < -0.3 is 9.64 Å². The number of amides is 2. The monoisotopic (exact) mass is 420 g/mol. The van der Waals surface area contributed by atoms with Crippen molar-refractivity contribution in [3.05, 3.63) is 69.6 Å². The lowest BCUT2D eigenvalue weighted by Crippen LogP contribution is -2.40. The molecule has 0 N–H and O–H groups in total. The van der Waals surface area contributed by atoms with Gasteiger partial charge in [0.2, 0.25) is 0 Å². The van der Waals surface area contributed by atoms with Crippen LogP contribution in [0.2, 0.25) is 10.0 Å². The van der Waals surface area contributed by atoms with Gasteiger partial charge in [-0.1, -0.05) is 35.3 Å². The zero-order valence-electron chi connectivity index (χ0n) is 14.6. The van der Waals surface area contributed by atoms with E-state index in [0.29, 0.717) is 36.9 Å². The fourth-order valence-electron chi connectivity index (χ4n) is 3.35.